The van der Waals surface area contributed by atoms with Crippen LogP contribution in [0.1, 0.15) is 19.8 Å². The molecule has 1 aliphatic heterocycles. The number of aromatic nitrogens is 2. The molecule has 2 heterocycles. The van der Waals surface area contributed by atoms with Gasteiger partial charge in [-0.1, -0.05) is 0 Å². The summed E-state index contributed by atoms with van der Waals surface area (Å²) in [6.45, 7) is 2.23. The van der Waals surface area contributed by atoms with E-state index >= 15 is 0 Å². The van der Waals surface area contributed by atoms with Gasteiger partial charge in [-0.05, 0) is 19.8 Å². The molecule has 1 N–H and O–H groups in total. The summed E-state index contributed by atoms with van der Waals surface area (Å²) in [5, 5.41) is 0. The number of hydrogen-bond donors (Lipinski definition) is 1. The van der Waals surface area contributed by atoms with Crippen LogP contribution in [0, 0.1) is 5.82 Å². The molecule has 1 fully saturated rings. The zero-order chi connectivity index (χ0) is 11.1. The minimum atomic E-state index is -1.00. The average molecular weight is 214 g/mol. The Labute approximate surface area is 84.5 Å². The molecule has 6 heteroatoms. The van der Waals surface area contributed by atoms with Gasteiger partial charge < -0.3 is 4.74 Å². The second-order valence-corrected chi connectivity index (χ2v) is 3.73. The van der Waals surface area contributed by atoms with Crippen molar-refractivity contribution >= 4 is 0 Å². The Balaban J connectivity index is 2.58. The quantitative estimate of drug-likeness (QED) is 0.724. The normalized spacial score (nSPS) is 25.7. The van der Waals surface area contributed by atoms with E-state index in [1.165, 1.54) is 0 Å². The summed E-state index contributed by atoms with van der Waals surface area (Å²) >= 11 is 0. The first-order valence-corrected chi connectivity index (χ1v) is 4.69. The lowest BCUT2D eigenvalue weighted by Crippen LogP contribution is -2.42. The number of nitrogens with one attached hydrogen (secondary N) is 1. The van der Waals surface area contributed by atoms with Gasteiger partial charge in [-0.15, -0.1) is 0 Å². The molecule has 15 heavy (non-hydrogen) atoms. The number of halogens is 1. The topological polar surface area (TPSA) is 64.1 Å². The van der Waals surface area contributed by atoms with Gasteiger partial charge in [0.25, 0.3) is 5.56 Å². The monoisotopic (exact) mass is 214 g/mol. The van der Waals surface area contributed by atoms with Crippen LogP contribution in [-0.4, -0.2) is 16.2 Å². The fourth-order valence-corrected chi connectivity index (χ4v) is 1.75. The Morgan fingerprint density at radius 2 is 2.33 bits per heavy atom. The highest BCUT2D eigenvalue weighted by Gasteiger charge is 2.33. The van der Waals surface area contributed by atoms with Crippen molar-refractivity contribution < 1.29 is 9.13 Å². The van der Waals surface area contributed by atoms with Gasteiger partial charge in [0.2, 0.25) is 5.82 Å². The zero-order valence-corrected chi connectivity index (χ0v) is 8.25. The molecule has 0 aromatic carbocycles. The number of hydrogen-bond acceptors (Lipinski definition) is 3. The van der Waals surface area contributed by atoms with Gasteiger partial charge in [0.15, 0.2) is 0 Å². The van der Waals surface area contributed by atoms with Crippen molar-refractivity contribution in [3.63, 3.8) is 0 Å². The Kier molecular flexibility index (Phi) is 2.22. The summed E-state index contributed by atoms with van der Waals surface area (Å²) in [5.74, 6) is -0.980. The maximum atomic E-state index is 13.0. The number of H-pyrrole nitrogens is 1. The van der Waals surface area contributed by atoms with Crippen LogP contribution in [0.5, 0.6) is 0 Å². The highest BCUT2D eigenvalue weighted by molar-refractivity contribution is 4.92. The predicted octanol–water partition coefficient (Wildman–Crippen LogP) is 0.159. The second-order valence-electron chi connectivity index (χ2n) is 3.73. The first kappa shape index (κ1) is 10.1. The number of aromatic amines is 1. The van der Waals surface area contributed by atoms with E-state index in [0.29, 0.717) is 13.0 Å². The molecule has 1 atom stereocenters. The summed E-state index contributed by atoms with van der Waals surface area (Å²) in [6, 6.07) is 0. The number of nitrogens with zero attached hydrogens (tertiary/aromatic N) is 1. The summed E-state index contributed by atoms with van der Waals surface area (Å²) in [5.41, 5.74) is -2.49. The van der Waals surface area contributed by atoms with Gasteiger partial charge in [0.1, 0.15) is 5.72 Å². The standard InChI is InChI=1S/C9H11FN2O3/c1-9(3-2-4-15-9)12-5-6(10)7(13)11-8(12)14/h5H,2-4H2,1H3,(H,11,13,14)/t9-/m1/s1. The molecule has 0 radical (unpaired) electrons. The second kappa shape index (κ2) is 3.30. The lowest BCUT2D eigenvalue weighted by Gasteiger charge is -2.25. The molecule has 0 saturated carbocycles. The van der Waals surface area contributed by atoms with E-state index in [1.54, 1.807) is 6.92 Å². The van der Waals surface area contributed by atoms with Crippen LogP contribution in [0.2, 0.25) is 0 Å². The van der Waals surface area contributed by atoms with E-state index < -0.39 is 22.8 Å². The van der Waals surface area contributed by atoms with Crippen molar-refractivity contribution in [2.24, 2.45) is 0 Å². The van der Waals surface area contributed by atoms with Gasteiger partial charge in [-0.3, -0.25) is 14.3 Å². The first-order chi connectivity index (χ1) is 7.03. The zero-order valence-electron chi connectivity index (χ0n) is 8.25. The maximum Gasteiger partial charge on any atom is 0.330 e. The lowest BCUT2D eigenvalue weighted by atomic mass is 10.1. The molecule has 1 aromatic heterocycles. The molecule has 5 nitrogen and oxygen atoms in total. The molecule has 82 valence electrons. The predicted molar refractivity (Wildman–Crippen MR) is 50.1 cm³/mol. The van der Waals surface area contributed by atoms with Gasteiger partial charge >= 0.3 is 5.69 Å². The molecule has 0 spiro atoms. The van der Waals surface area contributed by atoms with Crippen molar-refractivity contribution in [3.05, 3.63) is 32.9 Å². The third-order valence-electron chi connectivity index (χ3n) is 2.61. The summed E-state index contributed by atoms with van der Waals surface area (Å²) in [4.78, 5) is 24.2. The molecule has 0 amide bonds. The van der Waals surface area contributed by atoms with Crippen molar-refractivity contribution in [2.75, 3.05) is 6.61 Å². The van der Waals surface area contributed by atoms with E-state index in [9.17, 15) is 14.0 Å². The fraction of sp³-hybridized carbons (Fsp3) is 0.556. The lowest BCUT2D eigenvalue weighted by molar-refractivity contribution is -0.0504. The fourth-order valence-electron chi connectivity index (χ4n) is 1.75. The van der Waals surface area contributed by atoms with Crippen molar-refractivity contribution in [1.82, 2.24) is 9.55 Å². The molecule has 0 bridgehead atoms. The van der Waals surface area contributed by atoms with Gasteiger partial charge in [0, 0.05) is 6.61 Å². The maximum absolute atomic E-state index is 13.0. The van der Waals surface area contributed by atoms with Crippen molar-refractivity contribution in [3.8, 4) is 0 Å². The highest BCUT2D eigenvalue weighted by Crippen LogP contribution is 2.28. The summed E-state index contributed by atoms with van der Waals surface area (Å²) in [7, 11) is 0. The molecular weight excluding hydrogens is 203 g/mol. The van der Waals surface area contributed by atoms with Crippen LogP contribution >= 0.6 is 0 Å². The Morgan fingerprint density at radius 3 is 2.93 bits per heavy atom. The largest absolute Gasteiger partial charge is 0.355 e. The van der Waals surface area contributed by atoms with E-state index in [1.807, 2.05) is 4.98 Å². The third kappa shape index (κ3) is 1.61. The van der Waals surface area contributed by atoms with E-state index in [-0.39, 0.29) is 0 Å². The average Bonchev–Trinajstić information content (AvgIpc) is 2.60. The Morgan fingerprint density at radius 1 is 1.60 bits per heavy atom. The Bertz CT molecular complexity index is 485. The van der Waals surface area contributed by atoms with E-state index in [4.69, 9.17) is 4.74 Å². The number of rotatable bonds is 1. The molecule has 1 aliphatic rings. The van der Waals surface area contributed by atoms with Crippen LogP contribution in [0.25, 0.3) is 0 Å². The first-order valence-electron chi connectivity index (χ1n) is 4.69. The molecule has 0 unspecified atom stereocenters. The molecule has 0 aliphatic carbocycles. The molecular formula is C9H11FN2O3. The van der Waals surface area contributed by atoms with Crippen LogP contribution in [-0.2, 0) is 10.5 Å². The van der Waals surface area contributed by atoms with Gasteiger partial charge in [-0.2, -0.15) is 4.39 Å². The van der Waals surface area contributed by atoms with Crippen LogP contribution < -0.4 is 11.2 Å². The summed E-state index contributed by atoms with van der Waals surface area (Å²) < 4.78 is 19.5. The molecule has 2 rings (SSSR count). The third-order valence-corrected chi connectivity index (χ3v) is 2.61. The highest BCUT2D eigenvalue weighted by atomic mass is 19.1. The molecule has 1 saturated heterocycles. The minimum Gasteiger partial charge on any atom is -0.355 e. The molecule has 1 aromatic rings. The van der Waals surface area contributed by atoms with Crippen LogP contribution in [0.3, 0.4) is 0 Å². The van der Waals surface area contributed by atoms with E-state index in [2.05, 4.69) is 0 Å². The summed E-state index contributed by atoms with van der Waals surface area (Å²) in [6.07, 6.45) is 2.33. The van der Waals surface area contributed by atoms with E-state index in [0.717, 1.165) is 17.2 Å². The number of ether oxygens (including phenoxy) is 1. The smallest absolute Gasteiger partial charge is 0.330 e. The SMILES string of the molecule is C[C@]1(n2cc(F)c(=O)[nH]c2=O)CCCO1. The van der Waals surface area contributed by atoms with Crippen LogP contribution in [0.4, 0.5) is 4.39 Å². The van der Waals surface area contributed by atoms with Crippen molar-refractivity contribution in [1.29, 1.82) is 0 Å². The Hall–Kier alpha value is -1.43. The van der Waals surface area contributed by atoms with Crippen LogP contribution in [0.15, 0.2) is 15.8 Å². The van der Waals surface area contributed by atoms with Gasteiger partial charge in [0.05, 0.1) is 6.20 Å². The minimum absolute atomic E-state index is 0.531. The van der Waals surface area contributed by atoms with Crippen molar-refractivity contribution in [2.45, 2.75) is 25.5 Å². The van der Waals surface area contributed by atoms with Gasteiger partial charge in [-0.25, -0.2) is 4.79 Å².